The van der Waals surface area contributed by atoms with Crippen LogP contribution in [-0.2, 0) is 12.8 Å². The van der Waals surface area contributed by atoms with Crippen molar-refractivity contribution in [2.45, 2.75) is 25.3 Å². The number of nitrogens with zero attached hydrogens (tertiary/aromatic N) is 1. The predicted octanol–water partition coefficient (Wildman–Crippen LogP) is 3.35. The van der Waals surface area contributed by atoms with Gasteiger partial charge in [0.15, 0.2) is 0 Å². The smallest absolute Gasteiger partial charge is 0.0467 e. The van der Waals surface area contributed by atoms with E-state index in [1.165, 1.54) is 22.0 Å². The highest BCUT2D eigenvalue weighted by atomic mass is 79.9. The molecule has 3 rings (SSSR count). The summed E-state index contributed by atoms with van der Waals surface area (Å²) in [5.41, 5.74) is 6.49. The molecule has 2 nitrogen and oxygen atoms in total. The van der Waals surface area contributed by atoms with E-state index in [9.17, 15) is 0 Å². The van der Waals surface area contributed by atoms with Gasteiger partial charge in [-0.2, -0.15) is 0 Å². The van der Waals surface area contributed by atoms with E-state index >= 15 is 0 Å². The molecule has 0 saturated carbocycles. The number of aromatic nitrogens is 1. The minimum Gasteiger partial charge on any atom is -0.323 e. The van der Waals surface area contributed by atoms with E-state index < -0.39 is 0 Å². The van der Waals surface area contributed by atoms with E-state index in [2.05, 4.69) is 56.6 Å². The quantitative estimate of drug-likeness (QED) is 0.898. The van der Waals surface area contributed by atoms with Gasteiger partial charge in [0, 0.05) is 22.9 Å². The van der Waals surface area contributed by atoms with Crippen LogP contribution in [0.2, 0.25) is 0 Å². The highest BCUT2D eigenvalue weighted by Gasteiger charge is 2.18. The van der Waals surface area contributed by atoms with E-state index in [0.717, 1.165) is 12.8 Å². The predicted molar refractivity (Wildman–Crippen MR) is 73.7 cm³/mol. The zero-order chi connectivity index (χ0) is 11.7. The molecule has 88 valence electrons. The second kappa shape index (κ2) is 4.57. The number of benzene rings is 1. The molecule has 1 atom stereocenters. The van der Waals surface area contributed by atoms with Gasteiger partial charge in [-0.3, -0.25) is 4.68 Å². The molecule has 1 aliphatic carbocycles. The average Bonchev–Trinajstić information content (AvgIpc) is 2.82. The van der Waals surface area contributed by atoms with E-state index in [1.807, 2.05) is 12.1 Å². The van der Waals surface area contributed by atoms with Crippen LogP contribution in [0.15, 0.2) is 47.2 Å². The summed E-state index contributed by atoms with van der Waals surface area (Å²) >= 11 is 3.53. The molecule has 0 amide bonds. The highest BCUT2D eigenvalue weighted by Crippen LogP contribution is 2.25. The van der Waals surface area contributed by atoms with Gasteiger partial charge in [-0.1, -0.05) is 22.0 Å². The first-order chi connectivity index (χ1) is 8.31. The normalized spacial score (nSPS) is 18.8. The van der Waals surface area contributed by atoms with Crippen molar-refractivity contribution in [2.75, 3.05) is 5.43 Å². The van der Waals surface area contributed by atoms with Crippen LogP contribution in [-0.4, -0.2) is 10.7 Å². The van der Waals surface area contributed by atoms with Crippen LogP contribution in [0, 0.1) is 0 Å². The number of hydrogen-bond donors (Lipinski definition) is 1. The Bertz CT molecular complexity index is 505. The van der Waals surface area contributed by atoms with Gasteiger partial charge in [-0.15, -0.1) is 0 Å². The number of halogens is 1. The fourth-order valence-electron chi connectivity index (χ4n) is 2.47. The lowest BCUT2D eigenvalue weighted by Gasteiger charge is -2.26. The van der Waals surface area contributed by atoms with Crippen LogP contribution < -0.4 is 5.43 Å². The van der Waals surface area contributed by atoms with Crippen LogP contribution in [0.3, 0.4) is 0 Å². The number of nitrogens with one attached hydrogen (secondary N) is 1. The molecule has 0 bridgehead atoms. The van der Waals surface area contributed by atoms with Crippen molar-refractivity contribution in [3.8, 4) is 0 Å². The molecule has 1 aliphatic rings. The maximum Gasteiger partial charge on any atom is 0.0467 e. The Kier molecular flexibility index (Phi) is 2.93. The van der Waals surface area contributed by atoms with Crippen molar-refractivity contribution in [1.82, 2.24) is 4.68 Å². The van der Waals surface area contributed by atoms with Crippen LogP contribution in [0.25, 0.3) is 0 Å². The molecule has 0 aliphatic heterocycles. The van der Waals surface area contributed by atoms with Crippen molar-refractivity contribution in [2.24, 2.45) is 0 Å². The second-order valence-corrected chi connectivity index (χ2v) is 5.49. The van der Waals surface area contributed by atoms with E-state index in [1.54, 1.807) is 0 Å². The summed E-state index contributed by atoms with van der Waals surface area (Å²) in [6, 6.07) is 11.2. The molecule has 3 heteroatoms. The molecule has 0 radical (unpaired) electrons. The molecule has 0 spiro atoms. The lowest BCUT2D eigenvalue weighted by molar-refractivity contribution is 0.559. The third-order valence-electron chi connectivity index (χ3n) is 3.33. The van der Waals surface area contributed by atoms with Gasteiger partial charge in [0.2, 0.25) is 0 Å². The Morgan fingerprint density at radius 3 is 2.82 bits per heavy atom. The Morgan fingerprint density at radius 1 is 1.18 bits per heavy atom. The summed E-state index contributed by atoms with van der Waals surface area (Å²) in [6.07, 6.45) is 7.57. The molecule has 1 aromatic heterocycles. The van der Waals surface area contributed by atoms with Gasteiger partial charge in [-0.05, 0) is 54.7 Å². The molecule has 17 heavy (non-hydrogen) atoms. The summed E-state index contributed by atoms with van der Waals surface area (Å²) < 4.78 is 3.24. The maximum atomic E-state index is 3.53. The van der Waals surface area contributed by atoms with Crippen LogP contribution in [0.4, 0.5) is 0 Å². The first kappa shape index (κ1) is 10.9. The highest BCUT2D eigenvalue weighted by molar-refractivity contribution is 9.10. The van der Waals surface area contributed by atoms with Gasteiger partial charge < -0.3 is 5.43 Å². The van der Waals surface area contributed by atoms with E-state index in [0.29, 0.717) is 6.04 Å². The minimum atomic E-state index is 0.538. The van der Waals surface area contributed by atoms with Crippen LogP contribution >= 0.6 is 15.9 Å². The summed E-state index contributed by atoms with van der Waals surface area (Å²) in [5, 5.41) is 0. The summed E-state index contributed by atoms with van der Waals surface area (Å²) in [6.45, 7) is 0. The average molecular weight is 291 g/mol. The Balaban J connectivity index is 1.74. The Hall–Kier alpha value is -1.22. The van der Waals surface area contributed by atoms with Gasteiger partial charge in [0.1, 0.15) is 0 Å². The van der Waals surface area contributed by atoms with Crippen LogP contribution in [0.5, 0.6) is 0 Å². The standard InChI is InChI=1S/C14H15BrN2/c15-13-5-3-12-10-14(6-4-11(12)9-13)16-17-7-1-2-8-17/h1-3,5,7-9,14,16H,4,6,10H2. The van der Waals surface area contributed by atoms with E-state index in [-0.39, 0.29) is 0 Å². The maximum absolute atomic E-state index is 3.53. The van der Waals surface area contributed by atoms with Gasteiger partial charge >= 0.3 is 0 Å². The van der Waals surface area contributed by atoms with Crippen molar-refractivity contribution in [3.05, 3.63) is 58.3 Å². The summed E-state index contributed by atoms with van der Waals surface area (Å²) in [7, 11) is 0. The molecule has 1 N–H and O–H groups in total. The Morgan fingerprint density at radius 2 is 2.00 bits per heavy atom. The monoisotopic (exact) mass is 290 g/mol. The fraction of sp³-hybridized carbons (Fsp3) is 0.286. The topological polar surface area (TPSA) is 17.0 Å². The summed E-state index contributed by atoms with van der Waals surface area (Å²) in [5.74, 6) is 0. The second-order valence-electron chi connectivity index (χ2n) is 4.57. The first-order valence-corrected chi connectivity index (χ1v) is 6.77. The Labute approximate surface area is 110 Å². The van der Waals surface area contributed by atoms with Gasteiger partial charge in [0.25, 0.3) is 0 Å². The lowest BCUT2D eigenvalue weighted by Crippen LogP contribution is -2.32. The zero-order valence-electron chi connectivity index (χ0n) is 9.57. The van der Waals surface area contributed by atoms with Crippen molar-refractivity contribution >= 4 is 15.9 Å². The van der Waals surface area contributed by atoms with Gasteiger partial charge in [0.05, 0.1) is 0 Å². The largest absolute Gasteiger partial charge is 0.323 e. The molecule has 1 heterocycles. The fourth-order valence-corrected chi connectivity index (χ4v) is 2.87. The summed E-state index contributed by atoms with van der Waals surface area (Å²) in [4.78, 5) is 0. The van der Waals surface area contributed by atoms with Crippen molar-refractivity contribution in [1.29, 1.82) is 0 Å². The number of rotatable bonds is 2. The molecule has 1 unspecified atom stereocenters. The van der Waals surface area contributed by atoms with Crippen LogP contribution in [0.1, 0.15) is 17.5 Å². The molecular formula is C14H15BrN2. The third-order valence-corrected chi connectivity index (χ3v) is 3.83. The molecule has 0 saturated heterocycles. The van der Waals surface area contributed by atoms with E-state index in [4.69, 9.17) is 0 Å². The SMILES string of the molecule is Brc1ccc2c(c1)CCC(Nn1cccc1)C2. The molecular weight excluding hydrogens is 276 g/mol. The van der Waals surface area contributed by atoms with Gasteiger partial charge in [-0.25, -0.2) is 0 Å². The number of aryl methyl sites for hydroxylation is 1. The molecule has 0 fully saturated rings. The molecule has 1 aromatic carbocycles. The molecule has 2 aromatic rings. The number of fused-ring (bicyclic) bond motifs is 1. The lowest BCUT2D eigenvalue weighted by atomic mass is 9.89. The van der Waals surface area contributed by atoms with Crippen molar-refractivity contribution < 1.29 is 0 Å². The third kappa shape index (κ3) is 2.39. The first-order valence-electron chi connectivity index (χ1n) is 5.98. The van der Waals surface area contributed by atoms with Crippen molar-refractivity contribution in [3.63, 3.8) is 0 Å². The number of hydrogen-bond acceptors (Lipinski definition) is 1. The minimum absolute atomic E-state index is 0.538. The zero-order valence-corrected chi connectivity index (χ0v) is 11.2.